The van der Waals surface area contributed by atoms with Crippen LogP contribution in [-0.4, -0.2) is 31.2 Å². The van der Waals surface area contributed by atoms with Crippen LogP contribution < -0.4 is 10.6 Å². The number of likely N-dealkylation sites (N-methyl/N-ethyl adjacent to an activating group) is 1. The van der Waals surface area contributed by atoms with Gasteiger partial charge in [-0.2, -0.15) is 0 Å². The molecule has 0 atom stereocenters. The lowest BCUT2D eigenvalue weighted by molar-refractivity contribution is -0.138. The monoisotopic (exact) mass is 348 g/mol. The Morgan fingerprint density at radius 2 is 2.21 bits per heavy atom. The molecular weight excluding hydrogens is 335 g/mol. The van der Waals surface area contributed by atoms with Crippen LogP contribution in [0, 0.1) is 5.82 Å². The Balaban J connectivity index is 3.16. The number of benzene rings is 1. The number of halogens is 2. The van der Waals surface area contributed by atoms with Gasteiger partial charge in [-0.15, -0.1) is 0 Å². The normalized spacial score (nSPS) is 10.1. The van der Waals surface area contributed by atoms with E-state index in [-0.39, 0.29) is 16.0 Å². The number of methoxy groups -OCH3 is 1. The fourth-order valence-corrected chi connectivity index (χ4v) is 2.41. The topological polar surface area (TPSA) is 55.6 Å². The minimum absolute atomic E-state index is 0.0250. The van der Waals surface area contributed by atoms with E-state index >= 15 is 0 Å². The highest BCUT2D eigenvalue weighted by atomic mass is 79.9. The standard InChI is InChI=1S/C12H14BrFN2O2S/c1-3-16(6-9(17)18-2)8-5-4-7(12(15)19)10(13)11(8)14/h4-5H,3,6H2,1-2H3,(H2,15,19). The van der Waals surface area contributed by atoms with E-state index in [9.17, 15) is 9.18 Å². The van der Waals surface area contributed by atoms with Crippen LogP contribution in [0.25, 0.3) is 0 Å². The zero-order chi connectivity index (χ0) is 14.6. The highest BCUT2D eigenvalue weighted by Crippen LogP contribution is 2.29. The molecule has 1 aromatic rings. The summed E-state index contributed by atoms with van der Waals surface area (Å²) in [5.74, 6) is -0.938. The molecule has 0 aliphatic rings. The Morgan fingerprint density at radius 1 is 1.58 bits per heavy atom. The van der Waals surface area contributed by atoms with Crippen molar-refractivity contribution in [3.63, 3.8) is 0 Å². The molecule has 104 valence electrons. The molecule has 7 heteroatoms. The van der Waals surface area contributed by atoms with Crippen LogP contribution in [0.3, 0.4) is 0 Å². The third kappa shape index (κ3) is 3.63. The number of nitrogens with two attached hydrogens (primary N) is 1. The van der Waals surface area contributed by atoms with Crippen LogP contribution in [0.15, 0.2) is 16.6 Å². The van der Waals surface area contributed by atoms with Crippen molar-refractivity contribution < 1.29 is 13.9 Å². The Bertz CT molecular complexity index is 511. The van der Waals surface area contributed by atoms with Crippen LogP contribution in [0.1, 0.15) is 12.5 Å². The maximum atomic E-state index is 14.3. The number of nitrogens with zero attached hydrogens (tertiary/aromatic N) is 1. The van der Waals surface area contributed by atoms with Crippen molar-refractivity contribution in [3.05, 3.63) is 28.0 Å². The molecule has 0 spiro atoms. The van der Waals surface area contributed by atoms with Gasteiger partial charge in [0.2, 0.25) is 0 Å². The molecule has 0 unspecified atom stereocenters. The molecule has 0 bridgehead atoms. The summed E-state index contributed by atoms with van der Waals surface area (Å²) < 4.78 is 19.0. The molecule has 2 N–H and O–H groups in total. The van der Waals surface area contributed by atoms with Crippen molar-refractivity contribution in [1.29, 1.82) is 0 Å². The highest BCUT2D eigenvalue weighted by Gasteiger charge is 2.18. The van der Waals surface area contributed by atoms with Gasteiger partial charge in [0, 0.05) is 12.1 Å². The first kappa shape index (κ1) is 15.8. The zero-order valence-corrected chi connectivity index (χ0v) is 13.0. The van der Waals surface area contributed by atoms with Gasteiger partial charge in [0.25, 0.3) is 0 Å². The SMILES string of the molecule is CCN(CC(=O)OC)c1ccc(C(N)=S)c(Br)c1F. The summed E-state index contributed by atoms with van der Waals surface area (Å²) in [5.41, 5.74) is 6.20. The summed E-state index contributed by atoms with van der Waals surface area (Å²) in [5, 5.41) is 0. The lowest BCUT2D eigenvalue weighted by atomic mass is 10.2. The number of ether oxygens (including phenoxy) is 1. The van der Waals surface area contributed by atoms with Gasteiger partial charge in [-0.25, -0.2) is 4.39 Å². The first-order valence-corrected chi connectivity index (χ1v) is 6.72. The average Bonchev–Trinajstić information content (AvgIpc) is 2.38. The predicted molar refractivity (Wildman–Crippen MR) is 79.9 cm³/mol. The molecule has 4 nitrogen and oxygen atoms in total. The summed E-state index contributed by atoms with van der Waals surface area (Å²) in [6.45, 7) is 2.26. The minimum Gasteiger partial charge on any atom is -0.468 e. The van der Waals surface area contributed by atoms with Gasteiger partial charge in [0.1, 0.15) is 11.5 Å². The van der Waals surface area contributed by atoms with E-state index < -0.39 is 11.8 Å². The summed E-state index contributed by atoms with van der Waals surface area (Å²) in [7, 11) is 1.29. The molecule has 1 rings (SSSR count). The minimum atomic E-state index is -0.504. The van der Waals surface area contributed by atoms with Gasteiger partial charge < -0.3 is 15.4 Å². The quantitative estimate of drug-likeness (QED) is 0.653. The fraction of sp³-hybridized carbons (Fsp3) is 0.333. The number of esters is 1. The fourth-order valence-electron chi connectivity index (χ4n) is 1.56. The molecule has 0 saturated heterocycles. The van der Waals surface area contributed by atoms with Gasteiger partial charge in [-0.1, -0.05) is 12.2 Å². The number of thiocarbonyl (C=S) groups is 1. The highest BCUT2D eigenvalue weighted by molar-refractivity contribution is 9.10. The molecule has 0 radical (unpaired) electrons. The zero-order valence-electron chi connectivity index (χ0n) is 10.6. The molecule has 0 saturated carbocycles. The van der Waals surface area contributed by atoms with Crippen LogP contribution in [0.2, 0.25) is 0 Å². The molecule has 0 aromatic heterocycles. The summed E-state index contributed by atoms with van der Waals surface area (Å²) in [6.07, 6.45) is 0. The van der Waals surface area contributed by atoms with Gasteiger partial charge in [-0.3, -0.25) is 4.79 Å². The van der Waals surface area contributed by atoms with E-state index in [1.54, 1.807) is 17.0 Å². The lowest BCUT2D eigenvalue weighted by Crippen LogP contribution is -2.31. The van der Waals surface area contributed by atoms with E-state index in [4.69, 9.17) is 18.0 Å². The van der Waals surface area contributed by atoms with Crippen LogP contribution in [0.4, 0.5) is 10.1 Å². The van der Waals surface area contributed by atoms with Crippen molar-refractivity contribution in [2.75, 3.05) is 25.1 Å². The summed E-state index contributed by atoms with van der Waals surface area (Å²) in [6, 6.07) is 3.16. The largest absolute Gasteiger partial charge is 0.468 e. The van der Waals surface area contributed by atoms with Crippen LogP contribution >= 0.6 is 28.1 Å². The number of hydrogen-bond acceptors (Lipinski definition) is 4. The number of carbonyl (C=O) groups excluding carboxylic acids is 1. The van der Waals surface area contributed by atoms with E-state index in [1.807, 2.05) is 6.92 Å². The van der Waals surface area contributed by atoms with Crippen LogP contribution in [0.5, 0.6) is 0 Å². The number of hydrogen-bond donors (Lipinski definition) is 1. The van der Waals surface area contributed by atoms with Crippen molar-refractivity contribution in [2.45, 2.75) is 6.92 Å². The van der Waals surface area contributed by atoms with Crippen molar-refractivity contribution >= 4 is 44.8 Å². The van der Waals surface area contributed by atoms with E-state index in [0.29, 0.717) is 17.8 Å². The van der Waals surface area contributed by atoms with E-state index in [2.05, 4.69) is 20.7 Å². The van der Waals surface area contributed by atoms with Crippen molar-refractivity contribution in [3.8, 4) is 0 Å². The van der Waals surface area contributed by atoms with Crippen molar-refractivity contribution in [1.82, 2.24) is 0 Å². The second-order valence-corrected chi connectivity index (χ2v) is 4.95. The second-order valence-electron chi connectivity index (χ2n) is 3.71. The molecular formula is C12H14BrFN2O2S. The first-order valence-electron chi connectivity index (χ1n) is 5.51. The van der Waals surface area contributed by atoms with Crippen LogP contribution in [-0.2, 0) is 9.53 Å². The Hall–Kier alpha value is -1.21. The number of carbonyl (C=O) groups is 1. The van der Waals surface area contributed by atoms with Gasteiger partial charge in [-0.05, 0) is 35.0 Å². The smallest absolute Gasteiger partial charge is 0.325 e. The predicted octanol–water partition coefficient (Wildman–Crippen LogP) is 2.22. The lowest BCUT2D eigenvalue weighted by Gasteiger charge is -2.23. The third-order valence-corrected chi connectivity index (χ3v) is 3.59. The molecule has 0 heterocycles. The molecule has 0 aliphatic carbocycles. The maximum Gasteiger partial charge on any atom is 0.325 e. The maximum absolute atomic E-state index is 14.3. The van der Waals surface area contributed by atoms with Crippen molar-refractivity contribution in [2.24, 2.45) is 5.73 Å². The Kier molecular flexibility index (Phi) is 5.68. The summed E-state index contributed by atoms with van der Waals surface area (Å²) >= 11 is 7.96. The molecule has 0 fully saturated rings. The van der Waals surface area contributed by atoms with E-state index in [1.165, 1.54) is 7.11 Å². The Morgan fingerprint density at radius 3 is 2.68 bits per heavy atom. The molecule has 0 aliphatic heterocycles. The molecule has 0 amide bonds. The first-order chi connectivity index (χ1) is 8.92. The average molecular weight is 349 g/mol. The summed E-state index contributed by atoms with van der Waals surface area (Å²) in [4.78, 5) is 13.0. The molecule has 19 heavy (non-hydrogen) atoms. The van der Waals surface area contributed by atoms with Gasteiger partial charge >= 0.3 is 5.97 Å². The Labute approximate surface area is 124 Å². The number of rotatable bonds is 5. The number of anilines is 1. The van der Waals surface area contributed by atoms with E-state index in [0.717, 1.165) is 0 Å². The second kappa shape index (κ2) is 6.81. The third-order valence-electron chi connectivity index (χ3n) is 2.60. The van der Waals surface area contributed by atoms with Gasteiger partial charge in [0.15, 0.2) is 5.82 Å². The van der Waals surface area contributed by atoms with Gasteiger partial charge in [0.05, 0.1) is 17.3 Å². The molecule has 1 aromatic carbocycles.